The first-order valence-electron chi connectivity index (χ1n) is 6.07. The second-order valence-corrected chi connectivity index (χ2v) is 4.62. The number of aromatic amines is 1. The highest BCUT2D eigenvalue weighted by Gasteiger charge is 2.11. The highest BCUT2D eigenvalue weighted by atomic mass is 35.5. The largest absolute Gasteiger partial charge is 0.357 e. The molecule has 0 aliphatic rings. The average molecular weight is 300 g/mol. The molecule has 3 aromatic rings. The number of hydrogen-bond acceptors (Lipinski definition) is 6. The van der Waals surface area contributed by atoms with Crippen LogP contribution in [0.3, 0.4) is 0 Å². The normalized spacial score (nSPS) is 10.3. The molecule has 1 aromatic carbocycles. The molecule has 0 saturated carbocycles. The van der Waals surface area contributed by atoms with Crippen LogP contribution < -0.4 is 10.6 Å². The Morgan fingerprint density at radius 1 is 1.33 bits per heavy atom. The summed E-state index contributed by atoms with van der Waals surface area (Å²) in [4.78, 5) is 8.60. The summed E-state index contributed by atoms with van der Waals surface area (Å²) in [6, 6.07) is 7.05. The van der Waals surface area contributed by atoms with Crippen molar-refractivity contribution in [2.45, 2.75) is 0 Å². The Morgan fingerprint density at radius 2 is 2.19 bits per heavy atom. The van der Waals surface area contributed by atoms with Gasteiger partial charge in [-0.3, -0.25) is 5.10 Å². The predicted octanol–water partition coefficient (Wildman–Crippen LogP) is 2.66. The first-order valence-corrected chi connectivity index (χ1v) is 6.44. The maximum absolute atomic E-state index is 8.85. The van der Waals surface area contributed by atoms with Gasteiger partial charge in [0.2, 0.25) is 5.95 Å². The van der Waals surface area contributed by atoms with Gasteiger partial charge >= 0.3 is 0 Å². The number of fused-ring (bicyclic) bond motifs is 1. The number of nitrogens with zero attached hydrogens (tertiary/aromatic N) is 4. The third-order valence-electron chi connectivity index (χ3n) is 2.88. The van der Waals surface area contributed by atoms with E-state index in [9.17, 15) is 0 Å². The summed E-state index contributed by atoms with van der Waals surface area (Å²) < 4.78 is 0. The Labute approximate surface area is 125 Å². The van der Waals surface area contributed by atoms with Crippen LogP contribution in [-0.2, 0) is 0 Å². The zero-order chi connectivity index (χ0) is 14.8. The molecule has 3 rings (SSSR count). The fraction of sp³-hybridized carbons (Fsp3) is 0.0769. The third-order valence-corrected chi connectivity index (χ3v) is 3.20. The molecule has 0 aliphatic heterocycles. The van der Waals surface area contributed by atoms with Crippen LogP contribution in [0.2, 0.25) is 5.02 Å². The standard InChI is InChI=1S/C13H10ClN7/c1-16-13-19-11(8-6-17-21-12(8)20-13)18-10-3-2-7(5-15)4-9(10)14/h2-4,6H,1H3,(H3,16,17,18,19,20,21). The molecule has 2 aromatic heterocycles. The predicted molar refractivity (Wildman–Crippen MR) is 80.7 cm³/mol. The number of halogens is 1. The smallest absolute Gasteiger partial charge is 0.226 e. The van der Waals surface area contributed by atoms with E-state index in [0.29, 0.717) is 33.7 Å². The van der Waals surface area contributed by atoms with Crippen molar-refractivity contribution in [2.24, 2.45) is 0 Å². The third kappa shape index (κ3) is 2.44. The van der Waals surface area contributed by atoms with Crippen LogP contribution in [0.5, 0.6) is 0 Å². The summed E-state index contributed by atoms with van der Waals surface area (Å²) in [5.74, 6) is 1.03. The summed E-state index contributed by atoms with van der Waals surface area (Å²) in [6.45, 7) is 0. The molecule has 0 fully saturated rings. The van der Waals surface area contributed by atoms with Crippen LogP contribution in [0.15, 0.2) is 24.4 Å². The van der Waals surface area contributed by atoms with Crippen LogP contribution in [0, 0.1) is 11.3 Å². The SMILES string of the molecule is CNc1nc(Nc2ccc(C#N)cc2Cl)c2cn[nH]c2n1. The van der Waals surface area contributed by atoms with Gasteiger partial charge in [0.25, 0.3) is 0 Å². The zero-order valence-electron chi connectivity index (χ0n) is 11.0. The topological polar surface area (TPSA) is 102 Å². The van der Waals surface area contributed by atoms with Gasteiger partial charge in [-0.1, -0.05) is 11.6 Å². The number of nitriles is 1. The minimum atomic E-state index is 0.440. The average Bonchev–Trinajstić information content (AvgIpc) is 2.97. The fourth-order valence-corrected chi connectivity index (χ4v) is 2.08. The quantitative estimate of drug-likeness (QED) is 0.687. The van der Waals surface area contributed by atoms with E-state index in [0.717, 1.165) is 5.39 Å². The highest BCUT2D eigenvalue weighted by molar-refractivity contribution is 6.33. The van der Waals surface area contributed by atoms with E-state index < -0.39 is 0 Å². The minimum Gasteiger partial charge on any atom is -0.357 e. The maximum atomic E-state index is 8.85. The number of H-pyrrole nitrogens is 1. The second kappa shape index (κ2) is 5.26. The lowest BCUT2D eigenvalue weighted by Gasteiger charge is -2.09. The number of anilines is 3. The molecule has 104 valence electrons. The highest BCUT2D eigenvalue weighted by Crippen LogP contribution is 2.29. The number of benzene rings is 1. The number of rotatable bonds is 3. The van der Waals surface area contributed by atoms with Crippen molar-refractivity contribution >= 4 is 40.1 Å². The number of hydrogen-bond donors (Lipinski definition) is 3. The van der Waals surface area contributed by atoms with Crippen LogP contribution in [-0.4, -0.2) is 27.2 Å². The second-order valence-electron chi connectivity index (χ2n) is 4.21. The van der Waals surface area contributed by atoms with Crippen molar-refractivity contribution < 1.29 is 0 Å². The van der Waals surface area contributed by atoms with Crippen LogP contribution in [0.25, 0.3) is 11.0 Å². The van der Waals surface area contributed by atoms with E-state index in [1.54, 1.807) is 31.4 Å². The first kappa shape index (κ1) is 13.1. The summed E-state index contributed by atoms with van der Waals surface area (Å²) in [6.07, 6.45) is 1.63. The van der Waals surface area contributed by atoms with Gasteiger partial charge in [-0.25, -0.2) is 0 Å². The van der Waals surface area contributed by atoms with Crippen LogP contribution in [0.4, 0.5) is 17.5 Å². The lowest BCUT2D eigenvalue weighted by Crippen LogP contribution is -2.01. The molecule has 0 bridgehead atoms. The minimum absolute atomic E-state index is 0.440. The summed E-state index contributed by atoms with van der Waals surface area (Å²) >= 11 is 6.16. The summed E-state index contributed by atoms with van der Waals surface area (Å²) in [5, 5.41) is 22.8. The Kier molecular flexibility index (Phi) is 3.30. The van der Waals surface area contributed by atoms with Crippen molar-refractivity contribution in [3.63, 3.8) is 0 Å². The first-order chi connectivity index (χ1) is 10.2. The Bertz CT molecular complexity index is 849. The lowest BCUT2D eigenvalue weighted by atomic mass is 10.2. The van der Waals surface area contributed by atoms with Crippen molar-refractivity contribution in [2.75, 3.05) is 17.7 Å². The van der Waals surface area contributed by atoms with E-state index in [2.05, 4.69) is 30.8 Å². The molecule has 7 nitrogen and oxygen atoms in total. The van der Waals surface area contributed by atoms with Gasteiger partial charge in [0.05, 0.1) is 33.9 Å². The molecule has 0 aliphatic carbocycles. The molecule has 0 unspecified atom stereocenters. The Hall–Kier alpha value is -2.85. The molecule has 0 atom stereocenters. The van der Waals surface area contributed by atoms with Gasteiger partial charge in [0, 0.05) is 7.05 Å². The molecule has 21 heavy (non-hydrogen) atoms. The van der Waals surface area contributed by atoms with E-state index in [1.807, 2.05) is 6.07 Å². The fourth-order valence-electron chi connectivity index (χ4n) is 1.86. The Morgan fingerprint density at radius 3 is 2.90 bits per heavy atom. The molecule has 2 heterocycles. The molecular weight excluding hydrogens is 290 g/mol. The van der Waals surface area contributed by atoms with E-state index in [-0.39, 0.29) is 0 Å². The monoisotopic (exact) mass is 299 g/mol. The van der Waals surface area contributed by atoms with Gasteiger partial charge in [-0.15, -0.1) is 0 Å². The van der Waals surface area contributed by atoms with Gasteiger partial charge in [0.1, 0.15) is 5.82 Å². The zero-order valence-corrected chi connectivity index (χ0v) is 11.7. The molecule has 8 heteroatoms. The molecule has 3 N–H and O–H groups in total. The Balaban J connectivity index is 2.05. The van der Waals surface area contributed by atoms with Gasteiger partial charge < -0.3 is 10.6 Å². The summed E-state index contributed by atoms with van der Waals surface area (Å²) in [7, 11) is 1.73. The van der Waals surface area contributed by atoms with E-state index in [1.165, 1.54) is 0 Å². The number of nitrogens with one attached hydrogen (secondary N) is 3. The van der Waals surface area contributed by atoms with Crippen LogP contribution >= 0.6 is 11.6 Å². The van der Waals surface area contributed by atoms with E-state index in [4.69, 9.17) is 16.9 Å². The summed E-state index contributed by atoms with van der Waals surface area (Å²) in [5.41, 5.74) is 1.76. The molecule has 0 spiro atoms. The van der Waals surface area contributed by atoms with Gasteiger partial charge in [0.15, 0.2) is 5.65 Å². The maximum Gasteiger partial charge on any atom is 0.226 e. The molecule has 0 radical (unpaired) electrons. The van der Waals surface area contributed by atoms with Gasteiger partial charge in [-0.2, -0.15) is 20.3 Å². The molecule has 0 amide bonds. The number of aromatic nitrogens is 4. The van der Waals surface area contributed by atoms with Crippen molar-refractivity contribution in [1.82, 2.24) is 20.2 Å². The van der Waals surface area contributed by atoms with Gasteiger partial charge in [-0.05, 0) is 18.2 Å². The van der Waals surface area contributed by atoms with Crippen LogP contribution in [0.1, 0.15) is 5.56 Å². The lowest BCUT2D eigenvalue weighted by molar-refractivity contribution is 1.09. The van der Waals surface area contributed by atoms with E-state index >= 15 is 0 Å². The molecule has 0 saturated heterocycles. The van der Waals surface area contributed by atoms with Crippen molar-refractivity contribution in [3.8, 4) is 6.07 Å². The van der Waals surface area contributed by atoms with Crippen molar-refractivity contribution in [3.05, 3.63) is 35.0 Å². The molecular formula is C13H10ClN7. The van der Waals surface area contributed by atoms with Crippen molar-refractivity contribution in [1.29, 1.82) is 5.26 Å².